The van der Waals surface area contributed by atoms with Crippen molar-refractivity contribution in [2.75, 3.05) is 6.54 Å². The van der Waals surface area contributed by atoms with E-state index < -0.39 is 0 Å². The van der Waals surface area contributed by atoms with E-state index in [1.165, 1.54) is 0 Å². The van der Waals surface area contributed by atoms with Gasteiger partial charge in [0.15, 0.2) is 0 Å². The average molecular weight is 218 g/mol. The van der Waals surface area contributed by atoms with Gasteiger partial charge >= 0.3 is 0 Å². The molecule has 2 N–H and O–H groups in total. The largest absolute Gasteiger partial charge is 0.328 e. The number of nitrogens with zero attached hydrogens (tertiary/aromatic N) is 2. The van der Waals surface area contributed by atoms with Gasteiger partial charge in [0.1, 0.15) is 0 Å². The van der Waals surface area contributed by atoms with Gasteiger partial charge in [-0.3, -0.25) is 4.68 Å². The Morgan fingerprint density at radius 3 is 2.91 bits per heavy atom. The van der Waals surface area contributed by atoms with Crippen molar-refractivity contribution in [3.63, 3.8) is 0 Å². The Hall–Kier alpha value is -0.350. The summed E-state index contributed by atoms with van der Waals surface area (Å²) in [5, 5.41) is 4.15. The fourth-order valence-electron chi connectivity index (χ4n) is 0.976. The molecule has 0 amide bonds. The Balaban J connectivity index is 2.73. The summed E-state index contributed by atoms with van der Waals surface area (Å²) < 4.78 is 2.90. The molecule has 62 valence electrons. The number of halogens is 1. The zero-order valence-corrected chi connectivity index (χ0v) is 8.08. The molecule has 1 heterocycles. The lowest BCUT2D eigenvalue weighted by molar-refractivity contribution is 0.450. The van der Waals surface area contributed by atoms with Gasteiger partial charge in [0.25, 0.3) is 0 Å². The van der Waals surface area contributed by atoms with Crippen LogP contribution in [0.1, 0.15) is 19.4 Å². The van der Waals surface area contributed by atoms with E-state index in [0.717, 1.165) is 10.9 Å². The van der Waals surface area contributed by atoms with E-state index >= 15 is 0 Å². The summed E-state index contributed by atoms with van der Waals surface area (Å²) in [6, 6.07) is 0.335. The molecule has 4 heteroatoms. The molecule has 0 saturated carbocycles. The summed E-state index contributed by atoms with van der Waals surface area (Å²) in [7, 11) is 0. The van der Waals surface area contributed by atoms with Gasteiger partial charge in [-0.2, -0.15) is 5.10 Å². The van der Waals surface area contributed by atoms with Gasteiger partial charge in [-0.05, 0) is 22.4 Å². The molecule has 1 unspecified atom stereocenters. The first-order chi connectivity index (χ1) is 5.27. The van der Waals surface area contributed by atoms with E-state index in [-0.39, 0.29) is 0 Å². The van der Waals surface area contributed by atoms with Gasteiger partial charge in [0.05, 0.1) is 16.7 Å². The summed E-state index contributed by atoms with van der Waals surface area (Å²) in [6.45, 7) is 2.75. The van der Waals surface area contributed by atoms with Gasteiger partial charge in [-0.15, -0.1) is 0 Å². The van der Waals surface area contributed by atoms with Crippen molar-refractivity contribution in [3.05, 3.63) is 16.9 Å². The second kappa shape index (κ2) is 3.88. The predicted molar refractivity (Wildman–Crippen MR) is 48.3 cm³/mol. The van der Waals surface area contributed by atoms with E-state index in [1.54, 1.807) is 6.20 Å². The Bertz CT molecular complexity index is 217. The van der Waals surface area contributed by atoms with Crippen molar-refractivity contribution < 1.29 is 0 Å². The van der Waals surface area contributed by atoms with Crippen LogP contribution in [-0.2, 0) is 0 Å². The summed E-state index contributed by atoms with van der Waals surface area (Å²) in [5.74, 6) is 0. The molecule has 0 aliphatic rings. The molecule has 3 nitrogen and oxygen atoms in total. The van der Waals surface area contributed by atoms with Gasteiger partial charge in [0, 0.05) is 12.7 Å². The maximum atomic E-state index is 5.55. The van der Waals surface area contributed by atoms with E-state index in [2.05, 4.69) is 28.0 Å². The fraction of sp³-hybridized carbons (Fsp3) is 0.571. The second-order valence-electron chi connectivity index (χ2n) is 2.44. The smallest absolute Gasteiger partial charge is 0.0639 e. The van der Waals surface area contributed by atoms with E-state index in [4.69, 9.17) is 5.73 Å². The number of hydrogen-bond donors (Lipinski definition) is 1. The molecule has 0 saturated heterocycles. The highest BCUT2D eigenvalue weighted by Gasteiger charge is 2.05. The lowest BCUT2D eigenvalue weighted by atomic mass is 10.2. The van der Waals surface area contributed by atoms with Crippen LogP contribution in [0.15, 0.2) is 16.9 Å². The third-order valence-corrected chi connectivity index (χ3v) is 2.10. The molecule has 1 atom stereocenters. The van der Waals surface area contributed by atoms with Crippen LogP contribution in [0.3, 0.4) is 0 Å². The van der Waals surface area contributed by atoms with Gasteiger partial charge in [-0.25, -0.2) is 0 Å². The SMILES string of the molecule is CCC(CN)n1cc(Br)cn1. The Morgan fingerprint density at radius 1 is 1.82 bits per heavy atom. The third kappa shape index (κ3) is 2.04. The van der Waals surface area contributed by atoms with Crippen LogP contribution in [0.25, 0.3) is 0 Å². The van der Waals surface area contributed by atoms with E-state index in [9.17, 15) is 0 Å². The number of nitrogens with two attached hydrogens (primary N) is 1. The number of aromatic nitrogens is 2. The lowest BCUT2D eigenvalue weighted by Gasteiger charge is -2.11. The summed E-state index contributed by atoms with van der Waals surface area (Å²) in [5.41, 5.74) is 5.55. The van der Waals surface area contributed by atoms with Crippen LogP contribution in [-0.4, -0.2) is 16.3 Å². The predicted octanol–water partition coefficient (Wildman–Crippen LogP) is 1.56. The summed E-state index contributed by atoms with van der Waals surface area (Å²) in [6.07, 6.45) is 4.74. The Morgan fingerprint density at radius 2 is 2.55 bits per heavy atom. The Kier molecular flexibility index (Phi) is 3.08. The molecule has 0 radical (unpaired) electrons. The van der Waals surface area contributed by atoms with Crippen LogP contribution in [0.4, 0.5) is 0 Å². The van der Waals surface area contributed by atoms with Gasteiger partial charge in [-0.1, -0.05) is 6.92 Å². The molecular weight excluding hydrogens is 206 g/mol. The average Bonchev–Trinajstić information content (AvgIpc) is 2.39. The first-order valence-electron chi connectivity index (χ1n) is 3.67. The van der Waals surface area contributed by atoms with E-state index in [0.29, 0.717) is 12.6 Å². The van der Waals surface area contributed by atoms with Gasteiger partial charge < -0.3 is 5.73 Å². The molecule has 0 aromatic carbocycles. The minimum Gasteiger partial charge on any atom is -0.328 e. The quantitative estimate of drug-likeness (QED) is 0.836. The van der Waals surface area contributed by atoms with Crippen molar-refractivity contribution in [2.24, 2.45) is 5.73 Å². The molecule has 1 rings (SSSR count). The third-order valence-electron chi connectivity index (χ3n) is 1.69. The van der Waals surface area contributed by atoms with Crippen LogP contribution < -0.4 is 5.73 Å². The van der Waals surface area contributed by atoms with E-state index in [1.807, 2.05) is 10.9 Å². The molecule has 1 aromatic heterocycles. The maximum absolute atomic E-state index is 5.55. The highest BCUT2D eigenvalue weighted by atomic mass is 79.9. The summed E-state index contributed by atoms with van der Waals surface area (Å²) >= 11 is 3.33. The highest BCUT2D eigenvalue weighted by Crippen LogP contribution is 2.12. The molecule has 0 aliphatic carbocycles. The minimum atomic E-state index is 0.335. The normalized spacial score (nSPS) is 13.4. The first-order valence-corrected chi connectivity index (χ1v) is 4.47. The summed E-state index contributed by atoms with van der Waals surface area (Å²) in [4.78, 5) is 0. The maximum Gasteiger partial charge on any atom is 0.0639 e. The molecule has 11 heavy (non-hydrogen) atoms. The van der Waals surface area contributed by atoms with Crippen molar-refractivity contribution in [1.82, 2.24) is 9.78 Å². The lowest BCUT2D eigenvalue weighted by Crippen LogP contribution is -2.18. The Labute approximate surface area is 74.7 Å². The fourth-order valence-corrected chi connectivity index (χ4v) is 1.28. The van der Waals surface area contributed by atoms with Gasteiger partial charge in [0.2, 0.25) is 0 Å². The minimum absolute atomic E-state index is 0.335. The van der Waals surface area contributed by atoms with Crippen molar-refractivity contribution in [1.29, 1.82) is 0 Å². The molecule has 0 fully saturated rings. The standard InChI is InChI=1S/C7H12BrN3/c1-2-7(3-9)11-5-6(8)4-10-11/h4-5,7H,2-3,9H2,1H3. The van der Waals surface area contributed by atoms with Crippen molar-refractivity contribution in [3.8, 4) is 0 Å². The topological polar surface area (TPSA) is 43.8 Å². The van der Waals surface area contributed by atoms with Crippen LogP contribution in [0.5, 0.6) is 0 Å². The second-order valence-corrected chi connectivity index (χ2v) is 3.35. The molecular formula is C7H12BrN3. The van der Waals surface area contributed by atoms with Crippen LogP contribution >= 0.6 is 15.9 Å². The van der Waals surface area contributed by atoms with Crippen LogP contribution in [0, 0.1) is 0 Å². The number of rotatable bonds is 3. The first kappa shape index (κ1) is 8.74. The van der Waals surface area contributed by atoms with Crippen LogP contribution in [0.2, 0.25) is 0 Å². The van der Waals surface area contributed by atoms with Crippen molar-refractivity contribution in [2.45, 2.75) is 19.4 Å². The zero-order chi connectivity index (χ0) is 8.27. The molecule has 0 bridgehead atoms. The highest BCUT2D eigenvalue weighted by molar-refractivity contribution is 9.10. The monoisotopic (exact) mass is 217 g/mol. The molecule has 0 spiro atoms. The van der Waals surface area contributed by atoms with Crippen molar-refractivity contribution >= 4 is 15.9 Å². The zero-order valence-electron chi connectivity index (χ0n) is 6.50. The molecule has 1 aromatic rings. The molecule has 0 aliphatic heterocycles. The number of hydrogen-bond acceptors (Lipinski definition) is 2.